The lowest BCUT2D eigenvalue weighted by atomic mass is 10.1. The number of nitrogens with zero attached hydrogens (tertiary/aromatic N) is 4. The van der Waals surface area contributed by atoms with Crippen LogP contribution in [0.4, 0.5) is 0 Å². The summed E-state index contributed by atoms with van der Waals surface area (Å²) < 4.78 is 4.25. The number of fused-ring (bicyclic) bond motifs is 1. The Bertz CT molecular complexity index is 1620. The van der Waals surface area contributed by atoms with Gasteiger partial charge in [-0.2, -0.15) is 5.10 Å². The summed E-state index contributed by atoms with van der Waals surface area (Å²) in [6, 6.07) is 22.4. The Morgan fingerprint density at radius 1 is 1.06 bits per heavy atom. The number of hydroxylamine groups is 1. The quantitative estimate of drug-likeness (QED) is 0.259. The highest BCUT2D eigenvalue weighted by Crippen LogP contribution is 2.32. The number of amides is 1. The van der Waals surface area contributed by atoms with Gasteiger partial charge in [0.15, 0.2) is 0 Å². The van der Waals surface area contributed by atoms with Gasteiger partial charge in [0, 0.05) is 28.2 Å². The monoisotopic (exact) mass is 529 g/mol. The van der Waals surface area contributed by atoms with E-state index in [1.165, 1.54) is 10.9 Å². The van der Waals surface area contributed by atoms with E-state index in [1.54, 1.807) is 24.7 Å². The molecule has 1 amide bonds. The smallest absolute Gasteiger partial charge is 0.274 e. The zero-order valence-corrected chi connectivity index (χ0v) is 20.2. The minimum Gasteiger partial charge on any atom is -0.302 e. The van der Waals surface area contributed by atoms with E-state index >= 15 is 0 Å². The Morgan fingerprint density at radius 2 is 1.83 bits per heavy atom. The molecular formula is C26H20BrN5O3. The van der Waals surface area contributed by atoms with Crippen molar-refractivity contribution < 1.29 is 10.0 Å². The summed E-state index contributed by atoms with van der Waals surface area (Å²) in [5.41, 5.74) is 6.82. The van der Waals surface area contributed by atoms with Gasteiger partial charge in [-0.25, -0.2) is 10.5 Å². The molecule has 2 heterocycles. The Balaban J connectivity index is 1.63. The molecule has 0 radical (unpaired) electrons. The predicted molar refractivity (Wildman–Crippen MR) is 136 cm³/mol. The van der Waals surface area contributed by atoms with Gasteiger partial charge in [0.25, 0.3) is 11.5 Å². The highest BCUT2D eigenvalue weighted by molar-refractivity contribution is 9.10. The van der Waals surface area contributed by atoms with E-state index < -0.39 is 5.91 Å². The number of benzene rings is 3. The maximum absolute atomic E-state index is 12.7. The van der Waals surface area contributed by atoms with Crippen LogP contribution in [0.15, 0.2) is 88.4 Å². The molecule has 0 unspecified atom stereocenters. The second kappa shape index (κ2) is 9.28. The molecule has 5 rings (SSSR count). The van der Waals surface area contributed by atoms with Crippen LogP contribution >= 0.6 is 15.9 Å². The topological polar surface area (TPSA) is 102 Å². The number of hydrogen-bond acceptors (Lipinski definition) is 5. The van der Waals surface area contributed by atoms with Crippen molar-refractivity contribution in [3.63, 3.8) is 0 Å². The summed E-state index contributed by atoms with van der Waals surface area (Å²) >= 11 is 3.61. The minimum atomic E-state index is -0.570. The Morgan fingerprint density at radius 3 is 2.57 bits per heavy atom. The number of aromatic nitrogens is 4. The molecule has 0 aliphatic rings. The SMILES string of the molecule is Cn1cnc2ccc(-c3cc(-c4ccccc4Br)nn3Cc3ccc(C(=O)NO)cc3)cc2c1=O. The molecule has 2 N–H and O–H groups in total. The first-order valence-corrected chi connectivity index (χ1v) is 11.6. The first-order valence-electron chi connectivity index (χ1n) is 10.8. The van der Waals surface area contributed by atoms with Gasteiger partial charge < -0.3 is 4.57 Å². The van der Waals surface area contributed by atoms with Crippen LogP contribution < -0.4 is 11.0 Å². The number of rotatable bonds is 5. The summed E-state index contributed by atoms with van der Waals surface area (Å²) in [6.45, 7) is 0.434. The van der Waals surface area contributed by atoms with Crippen LogP contribution in [0, 0.1) is 0 Å². The molecule has 0 spiro atoms. The average Bonchev–Trinajstić information content (AvgIpc) is 3.29. The molecule has 0 aliphatic carbocycles. The van der Waals surface area contributed by atoms with E-state index in [9.17, 15) is 9.59 Å². The van der Waals surface area contributed by atoms with Crippen LogP contribution in [0.1, 0.15) is 15.9 Å². The Hall–Kier alpha value is -4.08. The predicted octanol–water partition coefficient (Wildman–Crippen LogP) is 4.39. The highest BCUT2D eigenvalue weighted by atomic mass is 79.9. The molecule has 0 bridgehead atoms. The van der Waals surface area contributed by atoms with Crippen molar-refractivity contribution in [3.05, 3.63) is 105 Å². The zero-order chi connectivity index (χ0) is 24.5. The lowest BCUT2D eigenvalue weighted by molar-refractivity contribution is 0.0706. The first kappa shape index (κ1) is 22.7. The zero-order valence-electron chi connectivity index (χ0n) is 18.6. The van der Waals surface area contributed by atoms with Crippen molar-refractivity contribution in [3.8, 4) is 22.5 Å². The van der Waals surface area contributed by atoms with Crippen molar-refractivity contribution in [1.82, 2.24) is 24.8 Å². The van der Waals surface area contributed by atoms with Crippen molar-refractivity contribution in [2.45, 2.75) is 6.54 Å². The summed E-state index contributed by atoms with van der Waals surface area (Å²) in [7, 11) is 1.68. The third-order valence-electron chi connectivity index (χ3n) is 5.79. The summed E-state index contributed by atoms with van der Waals surface area (Å²) in [5, 5.41) is 14.3. The average molecular weight is 530 g/mol. The lowest BCUT2D eigenvalue weighted by Crippen LogP contribution is -2.18. The fourth-order valence-corrected chi connectivity index (χ4v) is 4.43. The third-order valence-corrected chi connectivity index (χ3v) is 6.48. The first-order chi connectivity index (χ1) is 16.9. The van der Waals surface area contributed by atoms with E-state index in [0.29, 0.717) is 23.0 Å². The summed E-state index contributed by atoms with van der Waals surface area (Å²) in [6.07, 6.45) is 1.51. The molecule has 2 aromatic heterocycles. The molecule has 0 saturated carbocycles. The van der Waals surface area contributed by atoms with Gasteiger partial charge in [0.05, 0.1) is 35.2 Å². The fourth-order valence-electron chi connectivity index (χ4n) is 3.94. The van der Waals surface area contributed by atoms with Gasteiger partial charge in [-0.05, 0) is 42.0 Å². The maximum Gasteiger partial charge on any atom is 0.274 e. The maximum atomic E-state index is 12.7. The van der Waals surface area contributed by atoms with Crippen LogP contribution in [0.25, 0.3) is 33.4 Å². The van der Waals surface area contributed by atoms with E-state index in [1.807, 2.05) is 65.3 Å². The van der Waals surface area contributed by atoms with E-state index in [-0.39, 0.29) is 5.56 Å². The van der Waals surface area contributed by atoms with Gasteiger partial charge in [0.1, 0.15) is 0 Å². The highest BCUT2D eigenvalue weighted by Gasteiger charge is 2.15. The second-order valence-corrected chi connectivity index (χ2v) is 8.94. The van der Waals surface area contributed by atoms with Crippen molar-refractivity contribution in [2.75, 3.05) is 0 Å². The number of halogens is 1. The molecule has 9 heteroatoms. The molecule has 0 fully saturated rings. The number of nitrogens with one attached hydrogen (secondary N) is 1. The van der Waals surface area contributed by atoms with E-state index in [0.717, 1.165) is 32.6 Å². The Labute approximate surface area is 208 Å². The van der Waals surface area contributed by atoms with Gasteiger partial charge >= 0.3 is 0 Å². The fraction of sp³-hybridized carbons (Fsp3) is 0.0769. The molecule has 3 aromatic carbocycles. The van der Waals surface area contributed by atoms with Crippen molar-refractivity contribution >= 4 is 32.7 Å². The standard InChI is InChI=1S/C26H20BrN5O3/c1-31-15-28-22-11-10-18(12-20(22)26(31)34)24-13-23(19-4-2-3-5-21(19)27)29-32(24)14-16-6-8-17(9-7-16)25(33)30-35/h2-13,15,35H,14H2,1H3,(H,30,33). The summed E-state index contributed by atoms with van der Waals surface area (Å²) in [5.74, 6) is -0.570. The molecule has 0 atom stereocenters. The number of carbonyl (C=O) groups excluding carboxylic acids is 1. The second-order valence-electron chi connectivity index (χ2n) is 8.08. The number of hydrogen-bond donors (Lipinski definition) is 2. The van der Waals surface area contributed by atoms with E-state index in [4.69, 9.17) is 10.3 Å². The number of aryl methyl sites for hydroxylation is 1. The minimum absolute atomic E-state index is 0.119. The molecule has 174 valence electrons. The van der Waals surface area contributed by atoms with Crippen LogP contribution in [0.2, 0.25) is 0 Å². The lowest BCUT2D eigenvalue weighted by Gasteiger charge is -2.09. The van der Waals surface area contributed by atoms with E-state index in [2.05, 4.69) is 20.9 Å². The largest absolute Gasteiger partial charge is 0.302 e. The van der Waals surface area contributed by atoms with Gasteiger partial charge in [-0.3, -0.25) is 19.5 Å². The third kappa shape index (κ3) is 4.39. The molecule has 8 nitrogen and oxygen atoms in total. The molecular weight excluding hydrogens is 510 g/mol. The molecule has 0 aliphatic heterocycles. The summed E-state index contributed by atoms with van der Waals surface area (Å²) in [4.78, 5) is 28.7. The van der Waals surface area contributed by atoms with Gasteiger partial charge in [0.2, 0.25) is 0 Å². The van der Waals surface area contributed by atoms with Gasteiger partial charge in [-0.1, -0.05) is 52.3 Å². The van der Waals surface area contributed by atoms with Crippen LogP contribution in [-0.2, 0) is 13.6 Å². The molecule has 5 aromatic rings. The normalized spacial score (nSPS) is 11.1. The van der Waals surface area contributed by atoms with Crippen LogP contribution in [0.5, 0.6) is 0 Å². The Kier molecular flexibility index (Phi) is 6.02. The van der Waals surface area contributed by atoms with Crippen molar-refractivity contribution in [1.29, 1.82) is 0 Å². The van der Waals surface area contributed by atoms with Crippen LogP contribution in [0.3, 0.4) is 0 Å². The molecule has 35 heavy (non-hydrogen) atoms. The van der Waals surface area contributed by atoms with Gasteiger partial charge in [-0.15, -0.1) is 0 Å². The van der Waals surface area contributed by atoms with Crippen LogP contribution in [-0.4, -0.2) is 30.4 Å². The molecule has 0 saturated heterocycles. The van der Waals surface area contributed by atoms with Crippen molar-refractivity contribution in [2.24, 2.45) is 7.05 Å². The number of carbonyl (C=O) groups is 1.